The van der Waals surface area contributed by atoms with Gasteiger partial charge in [0.2, 0.25) is 0 Å². The number of hydrogen-bond donors (Lipinski definition) is 0. The van der Waals surface area contributed by atoms with E-state index in [2.05, 4.69) is 22.8 Å². The lowest BCUT2D eigenvalue weighted by Crippen LogP contribution is -1.90. The van der Waals surface area contributed by atoms with Crippen LogP contribution >= 0.6 is 25.2 Å². The number of hydrogen-bond acceptors (Lipinski definition) is 0. The van der Waals surface area contributed by atoms with Crippen molar-refractivity contribution in [1.29, 1.82) is 0 Å². The highest BCUT2D eigenvalue weighted by atomic mass is 32.4. The summed E-state index contributed by atoms with van der Waals surface area (Å²) in [5, 5.41) is 0. The predicted molar refractivity (Wildman–Crippen MR) is 59.9 cm³/mol. The Hall–Kier alpha value is 1.29. The van der Waals surface area contributed by atoms with E-state index in [0.717, 1.165) is 13.6 Å². The van der Waals surface area contributed by atoms with Crippen molar-refractivity contribution in [2.24, 2.45) is 0 Å². The van der Waals surface area contributed by atoms with Gasteiger partial charge in [0.05, 0.1) is 0 Å². The molecule has 0 bridgehead atoms. The van der Waals surface area contributed by atoms with Gasteiger partial charge in [-0.2, -0.15) is 0 Å². The second kappa shape index (κ2) is 8.39. The van der Waals surface area contributed by atoms with Crippen LogP contribution in [0.4, 0.5) is 0 Å². The smallest absolute Gasteiger partial charge is 0.0226 e. The van der Waals surface area contributed by atoms with Gasteiger partial charge in [-0.05, 0) is 12.1 Å². The van der Waals surface area contributed by atoms with E-state index in [1.54, 1.807) is 0 Å². The average Bonchev–Trinajstić information content (AvgIpc) is 1.89. The molecule has 4 atom stereocenters. The first-order valence-corrected chi connectivity index (χ1v) is 8.91. The fourth-order valence-corrected chi connectivity index (χ4v) is 5.40. The van der Waals surface area contributed by atoms with Crippen LogP contribution in [0.25, 0.3) is 0 Å². The van der Waals surface area contributed by atoms with Gasteiger partial charge < -0.3 is 0 Å². The van der Waals surface area contributed by atoms with Crippen molar-refractivity contribution in [2.45, 2.75) is 45.2 Å². The van der Waals surface area contributed by atoms with Gasteiger partial charge in [-0.25, -0.2) is 0 Å². The highest BCUT2D eigenvalue weighted by Crippen LogP contribution is 2.47. The maximum Gasteiger partial charge on any atom is -0.0226 e. The molecule has 0 saturated heterocycles. The molecule has 0 aromatic carbocycles. The standard InChI is InChI=1S/C7H19P3/c1-3-4-5-6-7(2)9-10-8/h7,9-10H,3-6,8H2,1-2H3. The van der Waals surface area contributed by atoms with Gasteiger partial charge in [0.1, 0.15) is 0 Å². The Kier molecular flexibility index (Phi) is 9.47. The summed E-state index contributed by atoms with van der Waals surface area (Å²) < 4.78 is 0. The second-order valence-corrected chi connectivity index (χ2v) is 8.58. The Morgan fingerprint density at radius 3 is 2.60 bits per heavy atom. The Morgan fingerprint density at radius 1 is 1.40 bits per heavy atom. The van der Waals surface area contributed by atoms with Gasteiger partial charge in [0.25, 0.3) is 0 Å². The quantitative estimate of drug-likeness (QED) is 0.444. The molecule has 0 aromatic rings. The van der Waals surface area contributed by atoms with Crippen LogP contribution in [0.15, 0.2) is 0 Å². The van der Waals surface area contributed by atoms with Crippen LogP contribution in [0.3, 0.4) is 0 Å². The van der Waals surface area contributed by atoms with Gasteiger partial charge in [0.15, 0.2) is 0 Å². The molecule has 0 spiro atoms. The Balaban J connectivity index is 2.97. The molecule has 0 nitrogen and oxygen atoms in total. The average molecular weight is 196 g/mol. The zero-order valence-corrected chi connectivity index (χ0v) is 10.1. The van der Waals surface area contributed by atoms with Crippen LogP contribution in [0.5, 0.6) is 0 Å². The maximum atomic E-state index is 2.84. The Labute approximate surface area is 70.9 Å². The molecule has 0 fully saturated rings. The second-order valence-electron chi connectivity index (χ2n) is 2.69. The van der Waals surface area contributed by atoms with Gasteiger partial charge in [-0.3, -0.25) is 0 Å². The Morgan fingerprint density at radius 2 is 2.10 bits per heavy atom. The van der Waals surface area contributed by atoms with E-state index in [0.29, 0.717) is 0 Å². The van der Waals surface area contributed by atoms with Crippen LogP contribution in [-0.2, 0) is 0 Å². The number of unbranched alkanes of at least 4 members (excludes halogenated alkanes) is 2. The minimum atomic E-state index is 0.988. The van der Waals surface area contributed by atoms with Crippen LogP contribution in [0, 0.1) is 0 Å². The van der Waals surface area contributed by atoms with Gasteiger partial charge in [-0.15, -0.1) is 8.93 Å². The van der Waals surface area contributed by atoms with Crippen molar-refractivity contribution in [2.75, 3.05) is 0 Å². The summed E-state index contributed by atoms with van der Waals surface area (Å²) in [4.78, 5) is 0. The molecule has 0 aliphatic heterocycles. The van der Waals surface area contributed by atoms with Gasteiger partial charge >= 0.3 is 0 Å². The minimum absolute atomic E-state index is 0.988. The summed E-state index contributed by atoms with van der Waals surface area (Å²) in [7, 11) is 5.13. The van der Waals surface area contributed by atoms with Crippen molar-refractivity contribution in [1.82, 2.24) is 0 Å². The molecule has 0 saturated carbocycles. The number of rotatable bonds is 6. The van der Waals surface area contributed by atoms with Crippen LogP contribution in [0.1, 0.15) is 39.5 Å². The zero-order valence-electron chi connectivity index (χ0n) is 6.98. The molecule has 0 radical (unpaired) electrons. The molecule has 4 unspecified atom stereocenters. The summed E-state index contributed by atoms with van der Waals surface area (Å²) in [5.74, 6) is 0. The summed E-state index contributed by atoms with van der Waals surface area (Å²) in [5.41, 5.74) is 0.988. The third-order valence-electron chi connectivity index (χ3n) is 1.57. The van der Waals surface area contributed by atoms with Crippen LogP contribution < -0.4 is 0 Å². The third-order valence-corrected chi connectivity index (χ3v) is 6.00. The zero-order chi connectivity index (χ0) is 7.82. The van der Waals surface area contributed by atoms with Crippen molar-refractivity contribution in [3.05, 3.63) is 0 Å². The van der Waals surface area contributed by atoms with Gasteiger partial charge in [0, 0.05) is 0 Å². The monoisotopic (exact) mass is 196 g/mol. The first-order valence-electron chi connectivity index (χ1n) is 4.02. The SMILES string of the molecule is CCCCCC(C)PPP. The van der Waals surface area contributed by atoms with Crippen LogP contribution in [0.2, 0.25) is 0 Å². The summed E-state index contributed by atoms with van der Waals surface area (Å²) in [6.07, 6.45) is 5.68. The summed E-state index contributed by atoms with van der Waals surface area (Å²) >= 11 is 0. The first-order chi connectivity index (χ1) is 4.81. The third kappa shape index (κ3) is 7.40. The molecule has 0 aliphatic rings. The molecule has 3 heteroatoms. The maximum absolute atomic E-state index is 2.84. The largest absolute Gasteiger partial charge is 0.110 e. The fraction of sp³-hybridized carbons (Fsp3) is 1.00. The highest BCUT2D eigenvalue weighted by Gasteiger charge is 1.98. The summed E-state index contributed by atoms with van der Waals surface area (Å²) in [6, 6.07) is 0. The predicted octanol–water partition coefficient (Wildman–Crippen LogP) is 4.02. The van der Waals surface area contributed by atoms with Crippen molar-refractivity contribution < 1.29 is 0 Å². The molecule has 0 aliphatic carbocycles. The van der Waals surface area contributed by atoms with E-state index < -0.39 is 0 Å². The van der Waals surface area contributed by atoms with Crippen LogP contribution in [-0.4, -0.2) is 5.66 Å². The molecule has 0 aromatic heterocycles. The molecular weight excluding hydrogens is 177 g/mol. The molecule has 62 valence electrons. The van der Waals surface area contributed by atoms with E-state index in [1.165, 1.54) is 34.0 Å². The van der Waals surface area contributed by atoms with E-state index in [4.69, 9.17) is 0 Å². The fourth-order valence-electron chi connectivity index (χ4n) is 0.915. The molecule has 0 heterocycles. The topological polar surface area (TPSA) is 0 Å². The van der Waals surface area contributed by atoms with Crippen molar-refractivity contribution in [3.63, 3.8) is 0 Å². The first kappa shape index (κ1) is 11.3. The van der Waals surface area contributed by atoms with Crippen molar-refractivity contribution >= 4 is 25.2 Å². The Bertz CT molecular complexity index is 65.9. The van der Waals surface area contributed by atoms with E-state index in [-0.39, 0.29) is 0 Å². The van der Waals surface area contributed by atoms with E-state index >= 15 is 0 Å². The lowest BCUT2D eigenvalue weighted by molar-refractivity contribution is 0.664. The molecule has 0 amide bonds. The molecule has 10 heavy (non-hydrogen) atoms. The normalized spacial score (nSPS) is 15.9. The molecule has 0 N–H and O–H groups in total. The van der Waals surface area contributed by atoms with E-state index in [9.17, 15) is 0 Å². The lowest BCUT2D eigenvalue weighted by atomic mass is 10.2. The van der Waals surface area contributed by atoms with E-state index in [1.807, 2.05) is 0 Å². The summed E-state index contributed by atoms with van der Waals surface area (Å²) in [6.45, 7) is 4.65. The highest BCUT2D eigenvalue weighted by molar-refractivity contribution is 8.39. The minimum Gasteiger partial charge on any atom is -0.110 e. The van der Waals surface area contributed by atoms with Gasteiger partial charge in [-0.1, -0.05) is 49.3 Å². The lowest BCUT2D eigenvalue weighted by Gasteiger charge is -2.08. The molecular formula is C7H19P3. The molecule has 0 rings (SSSR count). The van der Waals surface area contributed by atoms with Crippen molar-refractivity contribution in [3.8, 4) is 0 Å².